The summed E-state index contributed by atoms with van der Waals surface area (Å²) >= 11 is 2.22. The van der Waals surface area contributed by atoms with E-state index in [1.807, 2.05) is 11.4 Å². The molecule has 0 unspecified atom stereocenters. The second-order valence-electron chi connectivity index (χ2n) is 3.99. The number of halogens is 1. The van der Waals surface area contributed by atoms with Crippen LogP contribution in [0.15, 0.2) is 10.9 Å². The lowest BCUT2D eigenvalue weighted by molar-refractivity contribution is 0.824. The molecule has 4 nitrogen and oxygen atoms in total. The maximum atomic E-state index is 11.5. The minimum atomic E-state index is -0.0257. The van der Waals surface area contributed by atoms with Gasteiger partial charge in [0.05, 0.1) is 15.0 Å². The molecular formula is C10H10IN3O. The SMILES string of the molecule is Cc1nn2c(C3CC3)cc(=O)[nH]c2c1I. The molecule has 3 rings (SSSR count). The van der Waals surface area contributed by atoms with Crippen molar-refractivity contribution in [2.45, 2.75) is 25.7 Å². The average Bonchev–Trinajstić information content (AvgIpc) is 2.98. The molecule has 0 amide bonds. The van der Waals surface area contributed by atoms with Gasteiger partial charge >= 0.3 is 0 Å². The van der Waals surface area contributed by atoms with E-state index in [9.17, 15) is 4.79 Å². The summed E-state index contributed by atoms with van der Waals surface area (Å²) in [5, 5.41) is 4.45. The van der Waals surface area contributed by atoms with Gasteiger partial charge in [-0.3, -0.25) is 4.79 Å². The van der Waals surface area contributed by atoms with Gasteiger partial charge in [-0.2, -0.15) is 5.10 Å². The van der Waals surface area contributed by atoms with Crippen LogP contribution in [0.2, 0.25) is 0 Å². The highest BCUT2D eigenvalue weighted by Gasteiger charge is 2.27. The van der Waals surface area contributed by atoms with Crippen LogP contribution in [-0.2, 0) is 0 Å². The molecule has 0 radical (unpaired) electrons. The number of aryl methyl sites for hydroxylation is 1. The smallest absolute Gasteiger partial charge is 0.251 e. The van der Waals surface area contributed by atoms with Gasteiger partial charge in [0.1, 0.15) is 5.65 Å². The predicted molar refractivity (Wildman–Crippen MR) is 65.2 cm³/mol. The maximum Gasteiger partial charge on any atom is 0.251 e. The summed E-state index contributed by atoms with van der Waals surface area (Å²) in [6, 6.07) is 1.67. The van der Waals surface area contributed by atoms with Crippen molar-refractivity contribution >= 4 is 28.2 Å². The Morgan fingerprint density at radius 2 is 2.33 bits per heavy atom. The molecule has 2 heterocycles. The third kappa shape index (κ3) is 1.40. The molecule has 1 saturated carbocycles. The molecule has 5 heteroatoms. The van der Waals surface area contributed by atoms with Gasteiger partial charge in [0.15, 0.2) is 0 Å². The van der Waals surface area contributed by atoms with E-state index in [-0.39, 0.29) is 5.56 Å². The van der Waals surface area contributed by atoms with E-state index in [0.29, 0.717) is 5.92 Å². The molecule has 1 aliphatic carbocycles. The first-order valence-electron chi connectivity index (χ1n) is 4.95. The van der Waals surface area contributed by atoms with Crippen molar-refractivity contribution in [3.05, 3.63) is 31.4 Å². The summed E-state index contributed by atoms with van der Waals surface area (Å²) in [6.45, 7) is 1.96. The molecule has 15 heavy (non-hydrogen) atoms. The normalized spacial score (nSPS) is 16.1. The van der Waals surface area contributed by atoms with Crippen LogP contribution in [0.25, 0.3) is 5.65 Å². The Bertz CT molecular complexity index is 594. The lowest BCUT2D eigenvalue weighted by Gasteiger charge is -2.01. The highest BCUT2D eigenvalue weighted by atomic mass is 127. The van der Waals surface area contributed by atoms with E-state index < -0.39 is 0 Å². The summed E-state index contributed by atoms with van der Waals surface area (Å²) in [5.74, 6) is 0.532. The molecule has 0 aliphatic heterocycles. The molecule has 0 spiro atoms. The monoisotopic (exact) mass is 315 g/mol. The average molecular weight is 315 g/mol. The van der Waals surface area contributed by atoms with E-state index in [1.165, 1.54) is 12.8 Å². The van der Waals surface area contributed by atoms with E-state index in [4.69, 9.17) is 0 Å². The Kier molecular flexibility index (Phi) is 1.92. The number of aromatic amines is 1. The van der Waals surface area contributed by atoms with Crippen molar-refractivity contribution in [1.82, 2.24) is 14.6 Å². The fourth-order valence-electron chi connectivity index (χ4n) is 1.82. The molecule has 78 valence electrons. The van der Waals surface area contributed by atoms with Crippen LogP contribution in [0, 0.1) is 10.5 Å². The van der Waals surface area contributed by atoms with E-state index in [2.05, 4.69) is 32.7 Å². The Balaban J connectivity index is 2.43. The molecule has 2 aromatic rings. The van der Waals surface area contributed by atoms with Crippen LogP contribution in [0.5, 0.6) is 0 Å². The lowest BCUT2D eigenvalue weighted by atomic mass is 10.3. The summed E-state index contributed by atoms with van der Waals surface area (Å²) < 4.78 is 2.92. The molecule has 1 fully saturated rings. The highest BCUT2D eigenvalue weighted by Crippen LogP contribution is 2.39. The van der Waals surface area contributed by atoms with Crippen molar-refractivity contribution in [3.8, 4) is 0 Å². The number of H-pyrrole nitrogens is 1. The number of nitrogens with one attached hydrogen (secondary N) is 1. The number of rotatable bonds is 1. The van der Waals surface area contributed by atoms with Crippen molar-refractivity contribution in [1.29, 1.82) is 0 Å². The maximum absolute atomic E-state index is 11.5. The van der Waals surface area contributed by atoms with Crippen LogP contribution < -0.4 is 5.56 Å². The van der Waals surface area contributed by atoms with E-state index >= 15 is 0 Å². The van der Waals surface area contributed by atoms with Gasteiger partial charge in [-0.25, -0.2) is 4.52 Å². The fraction of sp³-hybridized carbons (Fsp3) is 0.400. The summed E-state index contributed by atoms with van der Waals surface area (Å²) in [7, 11) is 0. The van der Waals surface area contributed by atoms with Crippen LogP contribution >= 0.6 is 22.6 Å². The first kappa shape index (κ1) is 9.38. The minimum absolute atomic E-state index is 0.0257. The van der Waals surface area contributed by atoms with E-state index in [0.717, 1.165) is 20.6 Å². The van der Waals surface area contributed by atoms with Crippen molar-refractivity contribution < 1.29 is 0 Å². The summed E-state index contributed by atoms with van der Waals surface area (Å²) in [4.78, 5) is 14.3. The first-order valence-corrected chi connectivity index (χ1v) is 6.03. The van der Waals surface area contributed by atoms with Crippen molar-refractivity contribution in [2.24, 2.45) is 0 Å². The first-order chi connectivity index (χ1) is 7.16. The van der Waals surface area contributed by atoms with Crippen molar-refractivity contribution in [2.75, 3.05) is 0 Å². The topological polar surface area (TPSA) is 50.2 Å². The largest absolute Gasteiger partial charge is 0.306 e. The predicted octanol–water partition coefficient (Wildman–Crippen LogP) is 1.81. The lowest BCUT2D eigenvalue weighted by Crippen LogP contribution is -2.11. The number of aromatic nitrogens is 3. The Hall–Kier alpha value is -0.850. The quantitative estimate of drug-likeness (QED) is 0.816. The molecule has 1 aliphatic rings. The zero-order valence-electron chi connectivity index (χ0n) is 8.25. The molecule has 0 aromatic carbocycles. The number of fused-ring (bicyclic) bond motifs is 1. The Morgan fingerprint density at radius 1 is 1.60 bits per heavy atom. The van der Waals surface area contributed by atoms with Gasteiger partial charge < -0.3 is 4.98 Å². The van der Waals surface area contributed by atoms with Crippen LogP contribution in [0.1, 0.15) is 30.1 Å². The Labute approximate surface area is 99.8 Å². The summed E-state index contributed by atoms with van der Waals surface area (Å²) in [5.41, 5.74) is 2.84. The summed E-state index contributed by atoms with van der Waals surface area (Å²) in [6.07, 6.45) is 2.35. The standard InChI is InChI=1S/C10H10IN3O/c1-5-9(11)10-12-8(15)4-7(6-2-3-6)14(10)13-5/h4,6H,2-3H2,1H3,(H,12,15). The third-order valence-electron chi connectivity index (χ3n) is 2.75. The molecule has 2 aromatic heterocycles. The number of hydrogen-bond donors (Lipinski definition) is 1. The fourth-order valence-corrected chi connectivity index (χ4v) is 2.29. The van der Waals surface area contributed by atoms with Crippen LogP contribution in [0.4, 0.5) is 0 Å². The van der Waals surface area contributed by atoms with Gasteiger partial charge in [-0.15, -0.1) is 0 Å². The number of nitrogens with zero attached hydrogens (tertiary/aromatic N) is 2. The van der Waals surface area contributed by atoms with E-state index in [1.54, 1.807) is 6.07 Å². The third-order valence-corrected chi connectivity index (χ3v) is 4.04. The minimum Gasteiger partial charge on any atom is -0.306 e. The van der Waals surface area contributed by atoms with Gasteiger partial charge in [0.2, 0.25) is 0 Å². The van der Waals surface area contributed by atoms with Crippen LogP contribution in [-0.4, -0.2) is 14.6 Å². The van der Waals surface area contributed by atoms with Crippen LogP contribution in [0.3, 0.4) is 0 Å². The van der Waals surface area contributed by atoms with Crippen molar-refractivity contribution in [3.63, 3.8) is 0 Å². The molecule has 0 atom stereocenters. The zero-order chi connectivity index (χ0) is 10.6. The molecule has 0 bridgehead atoms. The van der Waals surface area contributed by atoms with Gasteiger partial charge in [0, 0.05) is 12.0 Å². The Morgan fingerprint density at radius 3 is 3.00 bits per heavy atom. The second-order valence-corrected chi connectivity index (χ2v) is 5.07. The molecular weight excluding hydrogens is 305 g/mol. The molecule has 1 N–H and O–H groups in total. The zero-order valence-corrected chi connectivity index (χ0v) is 10.4. The van der Waals surface area contributed by atoms with Gasteiger partial charge in [-0.05, 0) is 42.4 Å². The van der Waals surface area contributed by atoms with Gasteiger partial charge in [-0.1, -0.05) is 0 Å². The second kappa shape index (κ2) is 3.07. The molecule has 0 saturated heterocycles. The van der Waals surface area contributed by atoms with Gasteiger partial charge in [0.25, 0.3) is 5.56 Å². The highest BCUT2D eigenvalue weighted by molar-refractivity contribution is 14.1. The number of hydrogen-bond acceptors (Lipinski definition) is 2.